The predicted octanol–water partition coefficient (Wildman–Crippen LogP) is 3.62. The molecule has 2 heterocycles. The van der Waals surface area contributed by atoms with E-state index in [0.29, 0.717) is 0 Å². The molecule has 1 saturated heterocycles. The van der Waals surface area contributed by atoms with Gasteiger partial charge in [0.1, 0.15) is 0 Å². The molecule has 1 fully saturated rings. The number of nitrogens with zero attached hydrogens (tertiary/aromatic N) is 2. The van der Waals surface area contributed by atoms with Gasteiger partial charge in [-0.2, -0.15) is 0 Å². The van der Waals surface area contributed by atoms with Crippen molar-refractivity contribution in [2.45, 2.75) is 52.4 Å². The van der Waals surface area contributed by atoms with Gasteiger partial charge in [0.25, 0.3) is 5.91 Å². The van der Waals surface area contributed by atoms with Crippen LogP contribution in [0.5, 0.6) is 0 Å². The summed E-state index contributed by atoms with van der Waals surface area (Å²) in [5, 5.41) is 3.36. The smallest absolute Gasteiger partial charge is 0.257 e. The lowest BCUT2D eigenvalue weighted by molar-refractivity contribution is 0.0743. The number of rotatable bonds is 4. The summed E-state index contributed by atoms with van der Waals surface area (Å²) in [4.78, 5) is 19.1. The maximum atomic E-state index is 12.8. The van der Waals surface area contributed by atoms with Crippen LogP contribution >= 0.6 is 0 Å². The molecule has 1 aliphatic heterocycles. The van der Waals surface area contributed by atoms with Crippen molar-refractivity contribution in [1.82, 2.24) is 9.88 Å². The molecule has 1 aromatic rings. The first kappa shape index (κ1) is 15.8. The zero-order valence-corrected chi connectivity index (χ0v) is 13.3. The van der Waals surface area contributed by atoms with Gasteiger partial charge in [0, 0.05) is 31.5 Å². The van der Waals surface area contributed by atoms with Gasteiger partial charge < -0.3 is 10.2 Å². The van der Waals surface area contributed by atoms with Crippen LogP contribution in [0.1, 0.15) is 61.5 Å². The zero-order valence-electron chi connectivity index (χ0n) is 13.3. The molecule has 1 aromatic heterocycles. The lowest BCUT2D eigenvalue weighted by Crippen LogP contribution is -2.34. The van der Waals surface area contributed by atoms with E-state index in [4.69, 9.17) is 0 Å². The Morgan fingerprint density at radius 3 is 2.57 bits per heavy atom. The van der Waals surface area contributed by atoms with Gasteiger partial charge in [-0.3, -0.25) is 9.78 Å². The highest BCUT2D eigenvalue weighted by Gasteiger charge is 2.20. The Bertz CT molecular complexity index is 465. The lowest BCUT2D eigenvalue weighted by atomic mass is 10.1. The maximum absolute atomic E-state index is 12.8. The molecule has 0 radical (unpaired) electrons. The number of carbonyl (C=O) groups excluding carboxylic acids is 1. The Morgan fingerprint density at radius 2 is 1.90 bits per heavy atom. The molecule has 4 heteroatoms. The Kier molecular flexibility index (Phi) is 6.03. The molecule has 0 unspecified atom stereocenters. The van der Waals surface area contributed by atoms with Gasteiger partial charge >= 0.3 is 0 Å². The summed E-state index contributed by atoms with van der Waals surface area (Å²) >= 11 is 0. The molecule has 0 spiro atoms. The van der Waals surface area contributed by atoms with E-state index in [1.165, 1.54) is 19.3 Å². The second-order valence-corrected chi connectivity index (χ2v) is 5.86. The van der Waals surface area contributed by atoms with E-state index in [0.717, 1.165) is 55.8 Å². The van der Waals surface area contributed by atoms with E-state index in [1.54, 1.807) is 6.20 Å². The Hall–Kier alpha value is -1.58. The highest BCUT2D eigenvalue weighted by molar-refractivity contribution is 5.99. The van der Waals surface area contributed by atoms with Gasteiger partial charge in [-0.25, -0.2) is 0 Å². The van der Waals surface area contributed by atoms with Crippen molar-refractivity contribution in [1.29, 1.82) is 0 Å². The van der Waals surface area contributed by atoms with Gasteiger partial charge in [0.2, 0.25) is 0 Å². The highest BCUT2D eigenvalue weighted by atomic mass is 16.2. The molecular weight excluding hydrogens is 262 g/mol. The first-order valence-electron chi connectivity index (χ1n) is 8.22. The first-order valence-corrected chi connectivity index (χ1v) is 8.22. The molecule has 2 rings (SSSR count). The van der Waals surface area contributed by atoms with E-state index in [2.05, 4.69) is 17.2 Å². The van der Waals surface area contributed by atoms with E-state index >= 15 is 0 Å². The van der Waals surface area contributed by atoms with E-state index < -0.39 is 0 Å². The molecule has 0 atom stereocenters. The summed E-state index contributed by atoms with van der Waals surface area (Å²) in [5.41, 5.74) is 2.59. The van der Waals surface area contributed by atoms with Crippen LogP contribution in [-0.4, -0.2) is 35.4 Å². The van der Waals surface area contributed by atoms with Gasteiger partial charge in [-0.1, -0.05) is 26.2 Å². The summed E-state index contributed by atoms with van der Waals surface area (Å²) in [5.74, 6) is 0.128. The number of hydrogen-bond donors (Lipinski definition) is 1. The second-order valence-electron chi connectivity index (χ2n) is 5.86. The molecule has 1 aliphatic rings. The molecule has 21 heavy (non-hydrogen) atoms. The monoisotopic (exact) mass is 289 g/mol. The van der Waals surface area contributed by atoms with E-state index in [-0.39, 0.29) is 5.91 Å². The minimum Gasteiger partial charge on any atom is -0.384 e. The van der Waals surface area contributed by atoms with Crippen molar-refractivity contribution >= 4 is 11.6 Å². The molecule has 0 aliphatic carbocycles. The largest absolute Gasteiger partial charge is 0.384 e. The quantitative estimate of drug-likeness (QED) is 0.921. The first-order chi connectivity index (χ1) is 10.2. The summed E-state index contributed by atoms with van der Waals surface area (Å²) in [6.45, 7) is 6.71. The zero-order chi connectivity index (χ0) is 15.1. The lowest BCUT2D eigenvalue weighted by Gasteiger charge is -2.25. The summed E-state index contributed by atoms with van der Waals surface area (Å²) in [6, 6.07) is 1.98. The Balaban J connectivity index is 2.16. The fourth-order valence-electron chi connectivity index (χ4n) is 2.76. The van der Waals surface area contributed by atoms with Gasteiger partial charge in [0.05, 0.1) is 11.3 Å². The number of amides is 1. The van der Waals surface area contributed by atoms with Gasteiger partial charge in [-0.15, -0.1) is 0 Å². The average Bonchev–Trinajstić information content (AvgIpc) is 2.44. The predicted molar refractivity (Wildman–Crippen MR) is 86.7 cm³/mol. The van der Waals surface area contributed by atoms with Crippen molar-refractivity contribution in [3.05, 3.63) is 23.5 Å². The number of likely N-dealkylation sites (tertiary alicyclic amines) is 1. The van der Waals surface area contributed by atoms with E-state index in [1.807, 2.05) is 17.9 Å². The standard InChI is InChI=1S/C17H27N3O/c1-3-9-18-16-12-14(2)19-13-15(16)17(21)20-10-7-5-4-6-8-11-20/h12-13H,3-11H2,1-2H3,(H,18,19). The minimum absolute atomic E-state index is 0.128. The second kappa shape index (κ2) is 8.01. The molecular formula is C17H27N3O. The van der Waals surface area contributed by atoms with Crippen molar-refractivity contribution < 1.29 is 4.79 Å². The number of carbonyl (C=O) groups is 1. The summed E-state index contributed by atoms with van der Waals surface area (Å²) < 4.78 is 0. The van der Waals surface area contributed by atoms with Crippen LogP contribution in [0.3, 0.4) is 0 Å². The average molecular weight is 289 g/mol. The maximum Gasteiger partial charge on any atom is 0.257 e. The fourth-order valence-corrected chi connectivity index (χ4v) is 2.76. The van der Waals surface area contributed by atoms with Crippen molar-refractivity contribution in [2.75, 3.05) is 25.0 Å². The van der Waals surface area contributed by atoms with Crippen LogP contribution in [-0.2, 0) is 0 Å². The molecule has 0 bridgehead atoms. The van der Waals surface area contributed by atoms with Crippen LogP contribution in [0, 0.1) is 6.92 Å². The molecule has 4 nitrogen and oxygen atoms in total. The van der Waals surface area contributed by atoms with Crippen molar-refractivity contribution in [3.63, 3.8) is 0 Å². The third kappa shape index (κ3) is 4.45. The normalized spacial score (nSPS) is 16.2. The number of nitrogens with one attached hydrogen (secondary N) is 1. The van der Waals surface area contributed by atoms with Crippen LogP contribution in [0.4, 0.5) is 5.69 Å². The number of pyridine rings is 1. The molecule has 0 aromatic carbocycles. The summed E-state index contributed by atoms with van der Waals surface area (Å²) in [6.07, 6.45) is 8.77. The van der Waals surface area contributed by atoms with Gasteiger partial charge in [-0.05, 0) is 32.3 Å². The van der Waals surface area contributed by atoms with Crippen LogP contribution < -0.4 is 5.32 Å². The molecule has 1 N–H and O–H groups in total. The van der Waals surface area contributed by atoms with Gasteiger partial charge in [0.15, 0.2) is 0 Å². The minimum atomic E-state index is 0.128. The third-order valence-corrected chi connectivity index (χ3v) is 3.98. The Morgan fingerprint density at radius 1 is 1.24 bits per heavy atom. The molecule has 0 saturated carbocycles. The highest BCUT2D eigenvalue weighted by Crippen LogP contribution is 2.20. The molecule has 116 valence electrons. The van der Waals surface area contributed by atoms with Crippen LogP contribution in [0.25, 0.3) is 0 Å². The van der Waals surface area contributed by atoms with Crippen molar-refractivity contribution in [2.24, 2.45) is 0 Å². The van der Waals surface area contributed by atoms with E-state index in [9.17, 15) is 4.79 Å². The third-order valence-electron chi connectivity index (χ3n) is 3.98. The number of anilines is 1. The summed E-state index contributed by atoms with van der Waals surface area (Å²) in [7, 11) is 0. The number of aryl methyl sites for hydroxylation is 1. The Labute approximate surface area is 127 Å². The number of aromatic nitrogens is 1. The van der Waals surface area contributed by atoms with Crippen molar-refractivity contribution in [3.8, 4) is 0 Å². The topological polar surface area (TPSA) is 45.2 Å². The SMILES string of the molecule is CCCNc1cc(C)ncc1C(=O)N1CCCCCCC1. The molecule has 1 amide bonds. The fraction of sp³-hybridized carbons (Fsp3) is 0.647. The van der Waals surface area contributed by atoms with Crippen LogP contribution in [0.2, 0.25) is 0 Å². The number of hydrogen-bond acceptors (Lipinski definition) is 3. The van der Waals surface area contributed by atoms with Crippen LogP contribution in [0.15, 0.2) is 12.3 Å².